The van der Waals surface area contributed by atoms with Crippen molar-refractivity contribution < 1.29 is 18.0 Å². The van der Waals surface area contributed by atoms with Crippen molar-refractivity contribution in [1.29, 1.82) is 0 Å². The third kappa shape index (κ3) is 4.87. The van der Waals surface area contributed by atoms with Gasteiger partial charge in [0, 0.05) is 24.3 Å². The number of amides is 2. The van der Waals surface area contributed by atoms with Gasteiger partial charge in [0.05, 0.1) is 11.6 Å². The first-order chi connectivity index (χ1) is 13.2. The molecular weight excluding hydrogens is 380 g/mol. The van der Waals surface area contributed by atoms with E-state index in [0.29, 0.717) is 12.2 Å². The monoisotopic (exact) mass is 402 g/mol. The summed E-state index contributed by atoms with van der Waals surface area (Å²) in [5.41, 5.74) is 2.60. The van der Waals surface area contributed by atoms with Crippen LogP contribution in [0.4, 0.5) is 17.1 Å². The molecule has 2 amide bonds. The Morgan fingerprint density at radius 2 is 1.86 bits per heavy atom. The largest absolute Gasteiger partial charge is 0.326 e. The van der Waals surface area contributed by atoms with Gasteiger partial charge in [-0.15, -0.1) is 0 Å². The summed E-state index contributed by atoms with van der Waals surface area (Å²) in [5.74, 6) is -0.893. The second kappa shape index (κ2) is 7.99. The number of nitrogens with two attached hydrogens (primary N) is 1. The van der Waals surface area contributed by atoms with Crippen LogP contribution >= 0.6 is 0 Å². The quantitative estimate of drug-likeness (QED) is 0.683. The Morgan fingerprint density at radius 1 is 1.18 bits per heavy atom. The molecule has 0 bridgehead atoms. The van der Waals surface area contributed by atoms with Crippen LogP contribution in [0.1, 0.15) is 18.9 Å². The molecule has 8 nitrogen and oxygen atoms in total. The van der Waals surface area contributed by atoms with Crippen molar-refractivity contribution in [3.63, 3.8) is 0 Å². The second-order valence-electron chi connectivity index (χ2n) is 6.64. The van der Waals surface area contributed by atoms with Crippen molar-refractivity contribution >= 4 is 39.1 Å². The van der Waals surface area contributed by atoms with Crippen LogP contribution in [0.3, 0.4) is 0 Å². The molecule has 1 aliphatic heterocycles. The Kier molecular flexibility index (Phi) is 5.66. The molecule has 1 heterocycles. The summed E-state index contributed by atoms with van der Waals surface area (Å²) < 4.78 is 24.4. The van der Waals surface area contributed by atoms with Crippen molar-refractivity contribution in [2.45, 2.75) is 19.8 Å². The van der Waals surface area contributed by atoms with E-state index in [-0.39, 0.29) is 23.9 Å². The molecule has 2 aromatic carbocycles. The highest BCUT2D eigenvalue weighted by Crippen LogP contribution is 2.27. The van der Waals surface area contributed by atoms with E-state index in [1.807, 2.05) is 24.3 Å². The summed E-state index contributed by atoms with van der Waals surface area (Å²) in [7, 11) is -3.90. The lowest BCUT2D eigenvalue weighted by Gasteiger charge is -2.17. The molecular formula is C19H22N4O4S. The van der Waals surface area contributed by atoms with Crippen LogP contribution in [-0.2, 0) is 26.2 Å². The van der Waals surface area contributed by atoms with Crippen molar-refractivity contribution in [2.75, 3.05) is 21.5 Å². The molecule has 1 fully saturated rings. The number of anilines is 3. The van der Waals surface area contributed by atoms with Gasteiger partial charge in [-0.25, -0.2) is 5.14 Å². The molecule has 1 aliphatic rings. The number of hydrogen-bond donors (Lipinski definition) is 3. The Balaban J connectivity index is 1.67. The molecule has 4 N–H and O–H groups in total. The van der Waals surface area contributed by atoms with Crippen molar-refractivity contribution in [3.8, 4) is 0 Å². The van der Waals surface area contributed by atoms with Gasteiger partial charge in [-0.05, 0) is 42.3 Å². The maximum atomic E-state index is 12.6. The van der Waals surface area contributed by atoms with Gasteiger partial charge in [-0.1, -0.05) is 25.1 Å². The molecule has 0 radical (unpaired) electrons. The fourth-order valence-electron chi connectivity index (χ4n) is 3.11. The van der Waals surface area contributed by atoms with E-state index >= 15 is 0 Å². The summed E-state index contributed by atoms with van der Waals surface area (Å²) in [4.78, 5) is 26.6. The predicted molar refractivity (Wildman–Crippen MR) is 108 cm³/mol. The smallest absolute Gasteiger partial charge is 0.296 e. The highest BCUT2D eigenvalue weighted by molar-refractivity contribution is 7.90. The molecule has 0 saturated carbocycles. The number of aryl methyl sites for hydroxylation is 1. The van der Waals surface area contributed by atoms with Crippen molar-refractivity contribution in [3.05, 3.63) is 54.1 Å². The number of hydrogen-bond acceptors (Lipinski definition) is 4. The number of carbonyl (C=O) groups is 2. The van der Waals surface area contributed by atoms with Crippen LogP contribution in [0.2, 0.25) is 0 Å². The van der Waals surface area contributed by atoms with Crippen LogP contribution < -0.4 is 20.1 Å². The van der Waals surface area contributed by atoms with Crippen molar-refractivity contribution in [1.82, 2.24) is 0 Å². The lowest BCUT2D eigenvalue weighted by molar-refractivity contribution is -0.122. The van der Waals surface area contributed by atoms with Gasteiger partial charge in [-0.2, -0.15) is 8.42 Å². The molecule has 0 spiro atoms. The van der Waals surface area contributed by atoms with Crippen LogP contribution in [-0.4, -0.2) is 26.8 Å². The van der Waals surface area contributed by atoms with Gasteiger partial charge in [0.2, 0.25) is 11.8 Å². The molecule has 0 aromatic heterocycles. The molecule has 3 rings (SSSR count). The highest BCUT2D eigenvalue weighted by atomic mass is 32.2. The first-order valence-corrected chi connectivity index (χ1v) is 10.4. The van der Waals surface area contributed by atoms with E-state index in [1.54, 1.807) is 17.0 Å². The number of carbonyl (C=O) groups excluding carboxylic acids is 2. The normalized spacial score (nSPS) is 16.9. The molecule has 2 aromatic rings. The van der Waals surface area contributed by atoms with Crippen LogP contribution in [0.15, 0.2) is 48.5 Å². The topological polar surface area (TPSA) is 122 Å². The molecule has 1 atom stereocenters. The van der Waals surface area contributed by atoms with Gasteiger partial charge in [0.15, 0.2) is 0 Å². The summed E-state index contributed by atoms with van der Waals surface area (Å²) in [5, 5.41) is 7.68. The molecule has 148 valence electrons. The summed E-state index contributed by atoms with van der Waals surface area (Å²) in [6.45, 7) is 2.36. The minimum atomic E-state index is -3.90. The Hall–Kier alpha value is -2.91. The average molecular weight is 402 g/mol. The summed E-state index contributed by atoms with van der Waals surface area (Å²) >= 11 is 0. The van der Waals surface area contributed by atoms with Crippen LogP contribution in [0.5, 0.6) is 0 Å². The van der Waals surface area contributed by atoms with Crippen LogP contribution in [0.25, 0.3) is 0 Å². The van der Waals surface area contributed by atoms with Crippen molar-refractivity contribution in [2.24, 2.45) is 11.1 Å². The molecule has 1 unspecified atom stereocenters. The zero-order valence-corrected chi connectivity index (χ0v) is 16.2. The van der Waals surface area contributed by atoms with Gasteiger partial charge < -0.3 is 10.2 Å². The maximum absolute atomic E-state index is 12.6. The van der Waals surface area contributed by atoms with Gasteiger partial charge in [0.1, 0.15) is 0 Å². The SMILES string of the molecule is CCc1ccc(N2CC(C(=O)Nc3cccc(NS(N)(=O)=O)c3)CC2=O)cc1. The van der Waals surface area contributed by atoms with Crippen LogP contribution in [0, 0.1) is 5.92 Å². The molecule has 0 aliphatic carbocycles. The number of nitrogens with zero attached hydrogens (tertiary/aromatic N) is 1. The first kappa shape index (κ1) is 19.8. The molecule has 28 heavy (non-hydrogen) atoms. The Labute approximate surface area is 163 Å². The standard InChI is InChI=1S/C19H22N4O4S/c1-2-13-6-8-17(9-7-13)23-12-14(10-18(23)24)19(25)21-15-4-3-5-16(11-15)22-28(20,26)27/h3-9,11,14,22H,2,10,12H2,1H3,(H,21,25)(H2,20,26,27). The fourth-order valence-corrected chi connectivity index (χ4v) is 3.57. The summed E-state index contributed by atoms with van der Waals surface area (Å²) in [6, 6.07) is 13.9. The Morgan fingerprint density at radius 3 is 2.50 bits per heavy atom. The highest BCUT2D eigenvalue weighted by Gasteiger charge is 2.35. The van der Waals surface area contributed by atoms with E-state index in [9.17, 15) is 18.0 Å². The zero-order valence-electron chi connectivity index (χ0n) is 15.4. The van der Waals surface area contributed by atoms with E-state index in [4.69, 9.17) is 5.14 Å². The first-order valence-electron chi connectivity index (χ1n) is 8.86. The molecule has 9 heteroatoms. The zero-order chi connectivity index (χ0) is 20.3. The van der Waals surface area contributed by atoms with E-state index < -0.39 is 16.1 Å². The van der Waals surface area contributed by atoms with Gasteiger partial charge in [0.25, 0.3) is 10.2 Å². The van der Waals surface area contributed by atoms with Gasteiger partial charge in [-0.3, -0.25) is 14.3 Å². The predicted octanol–water partition coefficient (Wildman–Crippen LogP) is 1.86. The Bertz CT molecular complexity index is 989. The summed E-state index contributed by atoms with van der Waals surface area (Å²) in [6.07, 6.45) is 1.04. The van der Waals surface area contributed by atoms with E-state index in [1.165, 1.54) is 17.7 Å². The lowest BCUT2D eigenvalue weighted by Crippen LogP contribution is -2.28. The minimum absolute atomic E-state index is 0.103. The lowest BCUT2D eigenvalue weighted by atomic mass is 10.1. The van der Waals surface area contributed by atoms with E-state index in [0.717, 1.165) is 12.1 Å². The third-order valence-corrected chi connectivity index (χ3v) is 5.06. The number of nitrogens with one attached hydrogen (secondary N) is 2. The fraction of sp³-hybridized carbons (Fsp3) is 0.263. The number of rotatable bonds is 6. The van der Waals surface area contributed by atoms with Gasteiger partial charge >= 0.3 is 0 Å². The number of benzene rings is 2. The average Bonchev–Trinajstić information content (AvgIpc) is 3.02. The maximum Gasteiger partial charge on any atom is 0.296 e. The van der Waals surface area contributed by atoms with E-state index in [2.05, 4.69) is 17.0 Å². The third-order valence-electron chi connectivity index (χ3n) is 4.54. The molecule has 1 saturated heterocycles. The second-order valence-corrected chi connectivity index (χ2v) is 7.94. The minimum Gasteiger partial charge on any atom is -0.326 e.